The molecule has 3 aromatic rings. The number of halogens is 1. The Labute approximate surface area is 196 Å². The number of carbonyl (C=O) groups excluding carboxylic acids is 1. The minimum Gasteiger partial charge on any atom is -0.396 e. The topological polar surface area (TPSA) is 137 Å². The number of carbonyl (C=O) groups is 1. The Morgan fingerprint density at radius 2 is 1.88 bits per heavy atom. The summed E-state index contributed by atoms with van der Waals surface area (Å²) in [6.45, 7) is 6.55. The van der Waals surface area contributed by atoms with Crippen LogP contribution in [0.15, 0.2) is 52.3 Å². The molecule has 9 nitrogen and oxygen atoms in total. The van der Waals surface area contributed by atoms with E-state index >= 15 is 0 Å². The summed E-state index contributed by atoms with van der Waals surface area (Å²) in [5, 5.41) is 0.488. The first-order chi connectivity index (χ1) is 15.5. The fourth-order valence-corrected chi connectivity index (χ4v) is 4.52. The van der Waals surface area contributed by atoms with Gasteiger partial charge >= 0.3 is 0 Å². The van der Waals surface area contributed by atoms with Crippen LogP contribution in [0, 0.1) is 13.8 Å². The lowest BCUT2D eigenvalue weighted by Crippen LogP contribution is -2.28. The van der Waals surface area contributed by atoms with Crippen molar-refractivity contribution in [2.75, 3.05) is 10.5 Å². The van der Waals surface area contributed by atoms with Crippen molar-refractivity contribution in [2.45, 2.75) is 26.0 Å². The molecule has 0 aliphatic heterocycles. The molecule has 3 rings (SSSR count). The fraction of sp³-hybridized carbons (Fsp3) is 0.182. The normalized spacial score (nSPS) is 11.2. The van der Waals surface area contributed by atoms with E-state index in [1.54, 1.807) is 50.2 Å². The van der Waals surface area contributed by atoms with Gasteiger partial charge in [-0.15, -0.1) is 0 Å². The highest BCUT2D eigenvalue weighted by atomic mass is 35.5. The zero-order valence-corrected chi connectivity index (χ0v) is 19.6. The summed E-state index contributed by atoms with van der Waals surface area (Å²) in [5.41, 5.74) is 7.55. The van der Waals surface area contributed by atoms with Crippen molar-refractivity contribution in [2.24, 2.45) is 4.99 Å². The Balaban J connectivity index is 1.98. The average Bonchev–Trinajstić information content (AvgIpc) is 2.75. The summed E-state index contributed by atoms with van der Waals surface area (Å²) in [6.07, 6.45) is -0.0226. The number of rotatable bonds is 7. The SMILES string of the molecule is C=NC(=O)Cc1cc(N)c(-n2c(C)ccc(NS(=O)(=O)Cc3ccc(Cl)cc3)c2=O)nc1C. The van der Waals surface area contributed by atoms with Crippen LogP contribution in [0.4, 0.5) is 11.4 Å². The monoisotopic (exact) mass is 487 g/mol. The first kappa shape index (κ1) is 24.1. The largest absolute Gasteiger partial charge is 0.396 e. The number of benzene rings is 1. The third-order valence-corrected chi connectivity index (χ3v) is 6.37. The minimum atomic E-state index is -3.89. The van der Waals surface area contributed by atoms with Crippen molar-refractivity contribution in [3.63, 3.8) is 0 Å². The van der Waals surface area contributed by atoms with Gasteiger partial charge in [0.1, 0.15) is 5.69 Å². The number of nitrogens with one attached hydrogen (secondary N) is 1. The molecule has 0 bridgehead atoms. The van der Waals surface area contributed by atoms with Crippen molar-refractivity contribution >= 4 is 45.6 Å². The minimum absolute atomic E-state index is 0.0226. The van der Waals surface area contributed by atoms with Gasteiger partial charge in [0.15, 0.2) is 5.82 Å². The van der Waals surface area contributed by atoms with E-state index in [2.05, 4.69) is 21.4 Å². The zero-order valence-electron chi connectivity index (χ0n) is 18.0. The maximum Gasteiger partial charge on any atom is 0.280 e. The number of nitrogens with two attached hydrogens (primary N) is 1. The molecule has 0 atom stereocenters. The molecule has 172 valence electrons. The summed E-state index contributed by atoms with van der Waals surface area (Å²) in [4.78, 5) is 32.5. The molecular weight excluding hydrogens is 466 g/mol. The van der Waals surface area contributed by atoms with E-state index in [0.29, 0.717) is 27.5 Å². The number of hydrogen-bond acceptors (Lipinski definition) is 6. The third-order valence-electron chi connectivity index (χ3n) is 4.87. The molecule has 0 saturated carbocycles. The first-order valence-corrected chi connectivity index (χ1v) is 11.8. The molecule has 2 heterocycles. The Morgan fingerprint density at radius 1 is 1.21 bits per heavy atom. The van der Waals surface area contributed by atoms with E-state index in [1.807, 2.05) is 0 Å². The van der Waals surface area contributed by atoms with Crippen LogP contribution in [-0.4, -0.2) is 30.6 Å². The van der Waals surface area contributed by atoms with E-state index in [4.69, 9.17) is 17.3 Å². The molecule has 0 radical (unpaired) electrons. The van der Waals surface area contributed by atoms with Crippen LogP contribution in [0.5, 0.6) is 0 Å². The Morgan fingerprint density at radius 3 is 2.52 bits per heavy atom. The quantitative estimate of drug-likeness (QED) is 0.491. The van der Waals surface area contributed by atoms with Gasteiger partial charge in [-0.1, -0.05) is 23.7 Å². The molecule has 0 unspecified atom stereocenters. The highest BCUT2D eigenvalue weighted by Crippen LogP contribution is 2.21. The van der Waals surface area contributed by atoms with Crippen molar-refractivity contribution < 1.29 is 13.2 Å². The smallest absolute Gasteiger partial charge is 0.280 e. The molecule has 3 N–H and O–H groups in total. The van der Waals surface area contributed by atoms with Crippen molar-refractivity contribution in [1.29, 1.82) is 0 Å². The van der Waals surface area contributed by atoms with Gasteiger partial charge in [0.2, 0.25) is 15.9 Å². The third kappa shape index (κ3) is 5.65. The fourth-order valence-electron chi connectivity index (χ4n) is 3.20. The van der Waals surface area contributed by atoms with Crippen LogP contribution in [0.3, 0.4) is 0 Å². The Bertz CT molecular complexity index is 1400. The van der Waals surface area contributed by atoms with Gasteiger partial charge in [0.05, 0.1) is 17.9 Å². The van der Waals surface area contributed by atoms with Crippen LogP contribution < -0.4 is 16.0 Å². The van der Waals surface area contributed by atoms with Gasteiger partial charge in [-0.05, 0) is 62.0 Å². The van der Waals surface area contributed by atoms with Gasteiger partial charge in [-0.2, -0.15) is 0 Å². The van der Waals surface area contributed by atoms with Crippen molar-refractivity contribution in [3.8, 4) is 5.82 Å². The molecule has 11 heteroatoms. The lowest BCUT2D eigenvalue weighted by molar-refractivity contribution is -0.117. The predicted molar refractivity (Wildman–Crippen MR) is 130 cm³/mol. The molecule has 0 spiro atoms. The van der Waals surface area contributed by atoms with Crippen LogP contribution in [0.1, 0.15) is 22.5 Å². The summed E-state index contributed by atoms with van der Waals surface area (Å²) < 4.78 is 28.9. The molecule has 0 aliphatic rings. The average molecular weight is 488 g/mol. The van der Waals surface area contributed by atoms with Crippen LogP contribution in [0.25, 0.3) is 5.82 Å². The van der Waals surface area contributed by atoms with E-state index in [9.17, 15) is 18.0 Å². The molecular formula is C22H22ClN5O4S. The van der Waals surface area contributed by atoms with Gasteiger partial charge < -0.3 is 5.73 Å². The number of amides is 1. The number of nitrogens with zero attached hydrogens (tertiary/aromatic N) is 3. The first-order valence-electron chi connectivity index (χ1n) is 9.74. The lowest BCUT2D eigenvalue weighted by Gasteiger charge is -2.16. The number of hydrogen-bond donors (Lipinski definition) is 2. The van der Waals surface area contributed by atoms with E-state index in [0.717, 1.165) is 0 Å². The maximum absolute atomic E-state index is 13.2. The number of nitrogen functional groups attached to an aromatic ring is 1. The number of pyridine rings is 2. The number of anilines is 2. The standard InChI is InChI=1S/C22H22ClN5O4S/c1-13-4-9-19(27-33(31,32)12-15-5-7-17(23)8-6-15)22(30)28(13)21-18(24)10-16(14(2)26-21)11-20(29)25-3/h4-10,27H,3,11-12,24H2,1-2H3. The summed E-state index contributed by atoms with van der Waals surface area (Å²) in [7, 11) is -3.89. The predicted octanol–water partition coefficient (Wildman–Crippen LogP) is 2.80. The van der Waals surface area contributed by atoms with Crippen molar-refractivity contribution in [1.82, 2.24) is 9.55 Å². The van der Waals surface area contributed by atoms with E-state index < -0.39 is 21.5 Å². The van der Waals surface area contributed by atoms with Gasteiger partial charge in [-0.25, -0.2) is 18.4 Å². The number of sulfonamides is 1. The van der Waals surface area contributed by atoms with Crippen molar-refractivity contribution in [3.05, 3.63) is 80.4 Å². The molecule has 1 amide bonds. The second-order valence-corrected chi connectivity index (χ2v) is 9.55. The van der Waals surface area contributed by atoms with E-state index in [-0.39, 0.29) is 29.4 Å². The van der Waals surface area contributed by atoms with E-state index in [1.165, 1.54) is 10.6 Å². The summed E-state index contributed by atoms with van der Waals surface area (Å²) >= 11 is 5.84. The number of aryl methyl sites for hydroxylation is 2. The Hall–Kier alpha value is -3.50. The molecule has 33 heavy (non-hydrogen) atoms. The molecule has 2 aromatic heterocycles. The van der Waals surface area contributed by atoms with Gasteiger partial charge in [0, 0.05) is 16.4 Å². The zero-order chi connectivity index (χ0) is 24.3. The highest BCUT2D eigenvalue weighted by Gasteiger charge is 2.19. The molecule has 0 aliphatic carbocycles. The molecule has 0 saturated heterocycles. The lowest BCUT2D eigenvalue weighted by atomic mass is 10.1. The second kappa shape index (κ2) is 9.55. The molecule has 0 fully saturated rings. The Kier molecular flexibility index (Phi) is 6.99. The maximum atomic E-state index is 13.2. The number of aliphatic imine (C=N–C) groups is 1. The van der Waals surface area contributed by atoms with Crippen LogP contribution in [0.2, 0.25) is 5.02 Å². The number of aromatic nitrogens is 2. The van der Waals surface area contributed by atoms with Gasteiger partial charge in [0.25, 0.3) is 5.56 Å². The second-order valence-electron chi connectivity index (χ2n) is 7.39. The van der Waals surface area contributed by atoms with Crippen LogP contribution in [-0.2, 0) is 27.0 Å². The van der Waals surface area contributed by atoms with Crippen LogP contribution >= 0.6 is 11.6 Å². The van der Waals surface area contributed by atoms with Gasteiger partial charge in [-0.3, -0.25) is 18.9 Å². The summed E-state index contributed by atoms with van der Waals surface area (Å²) in [6, 6.07) is 10.9. The summed E-state index contributed by atoms with van der Waals surface area (Å²) in [5.74, 6) is -0.633. The molecule has 1 aromatic carbocycles. The highest BCUT2D eigenvalue weighted by molar-refractivity contribution is 7.91.